The second-order valence-electron chi connectivity index (χ2n) is 8.10. The van der Waals surface area contributed by atoms with Gasteiger partial charge in [-0.05, 0) is 30.7 Å². The summed E-state index contributed by atoms with van der Waals surface area (Å²) in [6, 6.07) is 9.99. The lowest BCUT2D eigenvalue weighted by Crippen LogP contribution is -2.46. The number of pyridine rings is 1. The molecule has 0 bridgehead atoms. The molecule has 164 valence electrons. The molecule has 2 N–H and O–H groups in total. The first-order valence-electron chi connectivity index (χ1n) is 10.7. The molecule has 0 atom stereocenters. The predicted octanol–water partition coefficient (Wildman–Crippen LogP) is 1.56. The van der Waals surface area contributed by atoms with Gasteiger partial charge in [-0.3, -0.25) is 14.1 Å². The van der Waals surface area contributed by atoms with E-state index in [9.17, 15) is 9.59 Å². The van der Waals surface area contributed by atoms with Gasteiger partial charge in [0, 0.05) is 45.2 Å². The van der Waals surface area contributed by atoms with Crippen LogP contribution in [-0.4, -0.2) is 63.4 Å². The van der Waals surface area contributed by atoms with Crippen molar-refractivity contribution in [2.75, 3.05) is 38.1 Å². The Balaban J connectivity index is 1.28. The molecule has 0 saturated carbocycles. The van der Waals surface area contributed by atoms with Crippen LogP contribution in [-0.2, 0) is 6.54 Å². The smallest absolute Gasteiger partial charge is 0.331 e. The van der Waals surface area contributed by atoms with Crippen molar-refractivity contribution < 1.29 is 4.79 Å². The van der Waals surface area contributed by atoms with Gasteiger partial charge in [-0.1, -0.05) is 12.1 Å². The van der Waals surface area contributed by atoms with E-state index in [0.717, 1.165) is 60.5 Å². The molecule has 3 aromatic heterocycles. The molecule has 1 amide bonds. The number of imidazole rings is 1. The summed E-state index contributed by atoms with van der Waals surface area (Å²) in [5.74, 6) is -0.171. The zero-order valence-electron chi connectivity index (χ0n) is 18.1. The van der Waals surface area contributed by atoms with Gasteiger partial charge in [0.25, 0.3) is 5.91 Å². The van der Waals surface area contributed by atoms with Crippen LogP contribution >= 0.6 is 0 Å². The number of H-pyrrole nitrogens is 1. The fourth-order valence-electron chi connectivity index (χ4n) is 4.40. The van der Waals surface area contributed by atoms with Crippen LogP contribution in [0.4, 0.5) is 5.69 Å². The average Bonchev–Trinajstić information content (AvgIpc) is 3.30. The Kier molecular flexibility index (Phi) is 5.10. The number of rotatable bonds is 4. The van der Waals surface area contributed by atoms with Crippen molar-refractivity contribution in [3.05, 3.63) is 70.3 Å². The van der Waals surface area contributed by atoms with Gasteiger partial charge in [-0.25, -0.2) is 14.8 Å². The van der Waals surface area contributed by atoms with E-state index in [1.54, 1.807) is 19.3 Å². The number of aromatic nitrogens is 4. The van der Waals surface area contributed by atoms with Crippen LogP contribution in [0.2, 0.25) is 0 Å². The van der Waals surface area contributed by atoms with Crippen LogP contribution in [0.1, 0.15) is 21.7 Å². The number of hydrogen-bond acceptors (Lipinski definition) is 6. The van der Waals surface area contributed by atoms with Crippen LogP contribution in [0.15, 0.2) is 47.7 Å². The van der Waals surface area contributed by atoms with Gasteiger partial charge in [-0.2, -0.15) is 0 Å². The summed E-state index contributed by atoms with van der Waals surface area (Å²) in [6.45, 7) is 6.40. The average molecular weight is 432 g/mol. The number of hydrogen-bond donors (Lipinski definition) is 2. The van der Waals surface area contributed by atoms with Crippen molar-refractivity contribution in [2.24, 2.45) is 0 Å². The SMILES string of the molecule is CNC(=O)c1ccc(N2CCN(Cc3ccc4c(c3)[nH]c(=O)n3cncc43)CC2)c(C)n1. The van der Waals surface area contributed by atoms with Crippen LogP contribution in [0.25, 0.3) is 16.4 Å². The van der Waals surface area contributed by atoms with Crippen molar-refractivity contribution in [3.63, 3.8) is 0 Å². The molecular formula is C23H25N7O2. The van der Waals surface area contributed by atoms with Crippen molar-refractivity contribution in [1.29, 1.82) is 0 Å². The number of benzene rings is 1. The number of fused-ring (bicyclic) bond motifs is 3. The van der Waals surface area contributed by atoms with Gasteiger partial charge in [0.05, 0.1) is 28.6 Å². The standard InChI is InChI=1S/C23H25N7O2/c1-15-20(6-5-18(26-15)22(31)24-2)29-9-7-28(8-10-29)13-16-3-4-17-19(11-16)27-23(32)30-14-25-12-21(17)30/h3-6,11-12,14H,7-10,13H2,1-2H3,(H,24,31)(H,27,32). The molecular weight excluding hydrogens is 406 g/mol. The highest BCUT2D eigenvalue weighted by atomic mass is 16.2. The fourth-order valence-corrected chi connectivity index (χ4v) is 4.40. The van der Waals surface area contributed by atoms with Gasteiger partial charge >= 0.3 is 5.69 Å². The maximum Gasteiger partial charge on any atom is 0.331 e. The van der Waals surface area contributed by atoms with Gasteiger partial charge in [0.15, 0.2) is 0 Å². The van der Waals surface area contributed by atoms with E-state index in [1.807, 2.05) is 13.0 Å². The molecule has 9 heteroatoms. The third-order valence-corrected chi connectivity index (χ3v) is 6.10. The van der Waals surface area contributed by atoms with E-state index in [-0.39, 0.29) is 11.6 Å². The Hall–Kier alpha value is -3.72. The minimum Gasteiger partial charge on any atom is -0.368 e. The Labute approximate surface area is 184 Å². The first kappa shape index (κ1) is 20.2. The highest BCUT2D eigenvalue weighted by Crippen LogP contribution is 2.22. The van der Waals surface area contributed by atoms with Crippen LogP contribution < -0.4 is 15.9 Å². The van der Waals surface area contributed by atoms with E-state index in [1.165, 1.54) is 16.3 Å². The quantitative estimate of drug-likeness (QED) is 0.509. The Morgan fingerprint density at radius 2 is 1.97 bits per heavy atom. The van der Waals surface area contributed by atoms with Gasteiger partial charge in [-0.15, -0.1) is 0 Å². The van der Waals surface area contributed by atoms with Crippen molar-refractivity contribution in [1.82, 2.24) is 29.6 Å². The number of nitrogens with one attached hydrogen (secondary N) is 2. The number of nitrogens with zero attached hydrogens (tertiary/aromatic N) is 5. The first-order valence-corrected chi connectivity index (χ1v) is 10.7. The van der Waals surface area contributed by atoms with E-state index < -0.39 is 0 Å². The minimum absolute atomic E-state index is 0.171. The number of anilines is 1. The summed E-state index contributed by atoms with van der Waals surface area (Å²) < 4.78 is 1.53. The number of aryl methyl sites for hydroxylation is 1. The molecule has 0 radical (unpaired) electrons. The molecule has 5 rings (SSSR count). The molecule has 1 saturated heterocycles. The van der Waals surface area contributed by atoms with Crippen LogP contribution in [0, 0.1) is 6.92 Å². The number of piperazine rings is 1. The molecule has 9 nitrogen and oxygen atoms in total. The molecule has 4 aromatic rings. The molecule has 0 aliphatic carbocycles. The van der Waals surface area contributed by atoms with E-state index in [2.05, 4.69) is 48.3 Å². The largest absolute Gasteiger partial charge is 0.368 e. The number of carbonyl (C=O) groups is 1. The Morgan fingerprint density at radius 1 is 1.16 bits per heavy atom. The van der Waals surface area contributed by atoms with Crippen LogP contribution in [0.5, 0.6) is 0 Å². The van der Waals surface area contributed by atoms with Crippen molar-refractivity contribution in [3.8, 4) is 0 Å². The number of amides is 1. The van der Waals surface area contributed by atoms with Gasteiger partial charge in [0.2, 0.25) is 0 Å². The van der Waals surface area contributed by atoms with Crippen molar-refractivity contribution in [2.45, 2.75) is 13.5 Å². The lowest BCUT2D eigenvalue weighted by atomic mass is 10.1. The number of aromatic amines is 1. The molecule has 1 aliphatic heterocycles. The molecule has 1 aromatic carbocycles. The van der Waals surface area contributed by atoms with E-state index >= 15 is 0 Å². The summed E-state index contributed by atoms with van der Waals surface area (Å²) in [5.41, 5.74) is 5.01. The van der Waals surface area contributed by atoms with Crippen LogP contribution in [0.3, 0.4) is 0 Å². The van der Waals surface area contributed by atoms with Gasteiger partial charge < -0.3 is 15.2 Å². The molecule has 0 unspecified atom stereocenters. The number of carbonyl (C=O) groups excluding carboxylic acids is 1. The first-order chi connectivity index (χ1) is 15.5. The maximum absolute atomic E-state index is 12.3. The maximum atomic E-state index is 12.3. The summed E-state index contributed by atoms with van der Waals surface area (Å²) >= 11 is 0. The topological polar surface area (TPSA) is 98.6 Å². The monoisotopic (exact) mass is 431 g/mol. The molecule has 32 heavy (non-hydrogen) atoms. The third-order valence-electron chi connectivity index (χ3n) is 6.10. The van der Waals surface area contributed by atoms with Gasteiger partial charge in [0.1, 0.15) is 12.0 Å². The minimum atomic E-state index is -0.179. The molecule has 1 aliphatic rings. The Bertz CT molecular complexity index is 1370. The summed E-state index contributed by atoms with van der Waals surface area (Å²) in [5, 5.41) is 3.60. The Morgan fingerprint density at radius 3 is 2.72 bits per heavy atom. The normalized spacial score (nSPS) is 14.9. The summed E-state index contributed by atoms with van der Waals surface area (Å²) in [4.78, 5) is 40.3. The lowest BCUT2D eigenvalue weighted by molar-refractivity contribution is 0.0958. The third kappa shape index (κ3) is 3.60. The van der Waals surface area contributed by atoms with E-state index in [0.29, 0.717) is 5.69 Å². The highest BCUT2D eigenvalue weighted by Gasteiger charge is 2.20. The summed E-state index contributed by atoms with van der Waals surface area (Å²) in [7, 11) is 1.61. The highest BCUT2D eigenvalue weighted by molar-refractivity contribution is 5.93. The van der Waals surface area contributed by atoms with Crippen molar-refractivity contribution >= 4 is 28.0 Å². The molecule has 1 fully saturated rings. The second kappa shape index (κ2) is 8.08. The second-order valence-corrected chi connectivity index (χ2v) is 8.10. The predicted molar refractivity (Wildman–Crippen MR) is 123 cm³/mol. The molecule has 4 heterocycles. The lowest BCUT2D eigenvalue weighted by Gasteiger charge is -2.36. The van der Waals surface area contributed by atoms with E-state index in [4.69, 9.17) is 0 Å². The fraction of sp³-hybridized carbons (Fsp3) is 0.304. The zero-order valence-corrected chi connectivity index (χ0v) is 18.1. The molecule has 0 spiro atoms. The zero-order chi connectivity index (χ0) is 22.2. The summed E-state index contributed by atoms with van der Waals surface area (Å²) in [6.07, 6.45) is 3.25.